The first-order chi connectivity index (χ1) is 8.78. The Labute approximate surface area is 110 Å². The van der Waals surface area contributed by atoms with Gasteiger partial charge in [-0.15, -0.1) is 0 Å². The highest BCUT2D eigenvalue weighted by molar-refractivity contribution is 7.98. The van der Waals surface area contributed by atoms with Crippen LogP contribution in [0, 0.1) is 5.92 Å². The van der Waals surface area contributed by atoms with Crippen molar-refractivity contribution in [2.24, 2.45) is 5.92 Å². The van der Waals surface area contributed by atoms with Crippen LogP contribution in [0.5, 0.6) is 0 Å². The number of hydrogen-bond donors (Lipinski definition) is 2. The number of hydrogen-bond acceptors (Lipinski definition) is 3. The molecule has 2 N–H and O–H groups in total. The average Bonchev–Trinajstić information content (AvgIpc) is 3.00. The standard InChI is InChI=1S/C13H17N3OS/c1-18-13-15-10-9(6-8-4-2-3-5-8)7-14-11(10)12(17)16-13/h7-8,14H,2-6H2,1H3,(H,15,16,17). The number of aromatic nitrogens is 3. The van der Waals surface area contributed by atoms with E-state index in [1.165, 1.54) is 43.0 Å². The Morgan fingerprint density at radius 2 is 2.22 bits per heavy atom. The molecule has 18 heavy (non-hydrogen) atoms. The van der Waals surface area contributed by atoms with E-state index in [1.54, 1.807) is 0 Å². The molecule has 0 spiro atoms. The second-order valence-corrected chi connectivity index (χ2v) is 5.76. The molecule has 0 aromatic carbocycles. The maximum atomic E-state index is 11.9. The fourth-order valence-electron chi connectivity index (χ4n) is 2.82. The lowest BCUT2D eigenvalue weighted by Crippen LogP contribution is -2.09. The van der Waals surface area contributed by atoms with Crippen molar-refractivity contribution < 1.29 is 0 Å². The minimum Gasteiger partial charge on any atom is -0.355 e. The zero-order valence-corrected chi connectivity index (χ0v) is 11.3. The summed E-state index contributed by atoms with van der Waals surface area (Å²) in [6.07, 6.45) is 10.2. The molecule has 4 nitrogen and oxygen atoms in total. The van der Waals surface area contributed by atoms with Crippen LogP contribution in [0.3, 0.4) is 0 Å². The molecule has 0 saturated heterocycles. The van der Waals surface area contributed by atoms with E-state index in [0.717, 1.165) is 17.9 Å². The molecule has 1 aliphatic rings. The molecule has 0 unspecified atom stereocenters. The summed E-state index contributed by atoms with van der Waals surface area (Å²) in [6, 6.07) is 0. The van der Waals surface area contributed by atoms with Gasteiger partial charge in [-0.3, -0.25) is 9.78 Å². The summed E-state index contributed by atoms with van der Waals surface area (Å²) in [5.74, 6) is 0.766. The van der Waals surface area contributed by atoms with Crippen molar-refractivity contribution in [3.8, 4) is 0 Å². The Hall–Kier alpha value is -1.23. The highest BCUT2D eigenvalue weighted by Gasteiger charge is 2.18. The molecule has 0 atom stereocenters. The summed E-state index contributed by atoms with van der Waals surface area (Å²) >= 11 is 1.47. The fraction of sp³-hybridized carbons (Fsp3) is 0.538. The van der Waals surface area contributed by atoms with Gasteiger partial charge in [0.05, 0.1) is 5.52 Å². The molecule has 0 aliphatic heterocycles. The first-order valence-electron chi connectivity index (χ1n) is 6.42. The molecule has 3 rings (SSSR count). The first-order valence-corrected chi connectivity index (χ1v) is 7.64. The van der Waals surface area contributed by atoms with Crippen LogP contribution in [0.1, 0.15) is 31.2 Å². The number of H-pyrrole nitrogens is 2. The van der Waals surface area contributed by atoms with Crippen LogP contribution in [0.4, 0.5) is 0 Å². The smallest absolute Gasteiger partial charge is 0.275 e. The molecule has 1 fully saturated rings. The topological polar surface area (TPSA) is 61.5 Å². The van der Waals surface area contributed by atoms with Gasteiger partial charge in [-0.1, -0.05) is 37.4 Å². The predicted octanol–water partition coefficient (Wildman–Crippen LogP) is 2.71. The van der Waals surface area contributed by atoms with E-state index in [0.29, 0.717) is 10.7 Å². The Kier molecular flexibility index (Phi) is 3.16. The van der Waals surface area contributed by atoms with Crippen molar-refractivity contribution in [3.63, 3.8) is 0 Å². The molecule has 2 aromatic heterocycles. The highest BCUT2D eigenvalue weighted by Crippen LogP contribution is 2.29. The number of nitrogens with one attached hydrogen (secondary N) is 2. The number of aromatic amines is 2. The summed E-state index contributed by atoms with van der Waals surface area (Å²) in [5.41, 5.74) is 2.59. The van der Waals surface area contributed by atoms with Gasteiger partial charge in [0.2, 0.25) is 0 Å². The van der Waals surface area contributed by atoms with E-state index in [1.807, 2.05) is 12.5 Å². The maximum Gasteiger partial charge on any atom is 0.275 e. The molecule has 2 aromatic rings. The van der Waals surface area contributed by atoms with Gasteiger partial charge in [-0.05, 0) is 24.2 Å². The summed E-state index contributed by atoms with van der Waals surface area (Å²) in [6.45, 7) is 0. The van der Waals surface area contributed by atoms with E-state index in [-0.39, 0.29) is 5.56 Å². The van der Waals surface area contributed by atoms with E-state index >= 15 is 0 Å². The van der Waals surface area contributed by atoms with Gasteiger partial charge < -0.3 is 4.98 Å². The van der Waals surface area contributed by atoms with Crippen molar-refractivity contribution in [2.75, 3.05) is 6.26 Å². The third kappa shape index (κ3) is 2.07. The van der Waals surface area contributed by atoms with E-state index in [9.17, 15) is 4.79 Å². The molecule has 5 heteroatoms. The van der Waals surface area contributed by atoms with Gasteiger partial charge in [0.25, 0.3) is 5.56 Å². The lowest BCUT2D eigenvalue weighted by Gasteiger charge is -2.07. The number of nitrogens with zero attached hydrogens (tertiary/aromatic N) is 1. The average molecular weight is 263 g/mol. The molecular formula is C13H17N3OS. The third-order valence-electron chi connectivity index (χ3n) is 3.77. The van der Waals surface area contributed by atoms with Crippen molar-refractivity contribution >= 4 is 22.8 Å². The van der Waals surface area contributed by atoms with E-state index in [2.05, 4.69) is 15.0 Å². The molecule has 96 valence electrons. The summed E-state index contributed by atoms with van der Waals surface area (Å²) in [4.78, 5) is 22.2. The second-order valence-electron chi connectivity index (χ2n) is 4.97. The Balaban J connectivity index is 2.01. The van der Waals surface area contributed by atoms with Gasteiger partial charge in [0.1, 0.15) is 5.52 Å². The molecular weight excluding hydrogens is 246 g/mol. The van der Waals surface area contributed by atoms with Crippen LogP contribution in [-0.2, 0) is 6.42 Å². The minimum atomic E-state index is -0.0676. The minimum absolute atomic E-state index is 0.0676. The third-order valence-corrected chi connectivity index (χ3v) is 4.35. The molecule has 0 amide bonds. The summed E-state index contributed by atoms with van der Waals surface area (Å²) < 4.78 is 0. The highest BCUT2D eigenvalue weighted by atomic mass is 32.2. The maximum absolute atomic E-state index is 11.9. The summed E-state index contributed by atoms with van der Waals surface area (Å²) in [5, 5.41) is 0.694. The van der Waals surface area contributed by atoms with Gasteiger partial charge in [0.15, 0.2) is 5.16 Å². The number of rotatable bonds is 3. The SMILES string of the molecule is CSc1nc2c(CC3CCCC3)c[nH]c2c(=O)[nH]1. The zero-order chi connectivity index (χ0) is 12.5. The van der Waals surface area contributed by atoms with Crippen LogP contribution < -0.4 is 5.56 Å². The van der Waals surface area contributed by atoms with Crippen LogP contribution in [0.2, 0.25) is 0 Å². The zero-order valence-electron chi connectivity index (χ0n) is 10.5. The quantitative estimate of drug-likeness (QED) is 0.661. The van der Waals surface area contributed by atoms with Gasteiger partial charge in [-0.2, -0.15) is 0 Å². The molecule has 0 radical (unpaired) electrons. The van der Waals surface area contributed by atoms with Crippen LogP contribution in [0.15, 0.2) is 16.1 Å². The second kappa shape index (κ2) is 4.80. The van der Waals surface area contributed by atoms with Crippen LogP contribution >= 0.6 is 11.8 Å². The van der Waals surface area contributed by atoms with Crippen LogP contribution in [0.25, 0.3) is 11.0 Å². The number of thioether (sulfide) groups is 1. The van der Waals surface area contributed by atoms with Crippen molar-refractivity contribution in [1.29, 1.82) is 0 Å². The Morgan fingerprint density at radius 1 is 1.44 bits per heavy atom. The van der Waals surface area contributed by atoms with E-state index in [4.69, 9.17) is 0 Å². The molecule has 2 heterocycles. The molecule has 0 bridgehead atoms. The van der Waals surface area contributed by atoms with Gasteiger partial charge in [0, 0.05) is 6.20 Å². The van der Waals surface area contributed by atoms with Gasteiger partial charge >= 0.3 is 0 Å². The number of fused-ring (bicyclic) bond motifs is 1. The molecule has 1 saturated carbocycles. The Morgan fingerprint density at radius 3 is 2.94 bits per heavy atom. The monoisotopic (exact) mass is 263 g/mol. The largest absolute Gasteiger partial charge is 0.355 e. The predicted molar refractivity (Wildman–Crippen MR) is 74.2 cm³/mol. The van der Waals surface area contributed by atoms with Gasteiger partial charge in [-0.25, -0.2) is 4.98 Å². The van der Waals surface area contributed by atoms with Crippen molar-refractivity contribution in [2.45, 2.75) is 37.3 Å². The summed E-state index contributed by atoms with van der Waals surface area (Å²) in [7, 11) is 0. The lowest BCUT2D eigenvalue weighted by molar-refractivity contribution is 0.548. The first kappa shape index (κ1) is 11.8. The van der Waals surface area contributed by atoms with Crippen molar-refractivity contribution in [1.82, 2.24) is 15.0 Å². The van der Waals surface area contributed by atoms with E-state index < -0.39 is 0 Å². The lowest BCUT2D eigenvalue weighted by atomic mass is 9.99. The van der Waals surface area contributed by atoms with Crippen LogP contribution in [-0.4, -0.2) is 21.2 Å². The Bertz CT molecular complexity index is 610. The fourth-order valence-corrected chi connectivity index (χ4v) is 3.20. The molecule has 1 aliphatic carbocycles. The normalized spacial score (nSPS) is 16.7. The van der Waals surface area contributed by atoms with Crippen molar-refractivity contribution in [3.05, 3.63) is 22.1 Å².